The van der Waals surface area contributed by atoms with Gasteiger partial charge in [0.15, 0.2) is 5.16 Å². The molecule has 0 aliphatic carbocycles. The van der Waals surface area contributed by atoms with Gasteiger partial charge in [-0.15, -0.1) is 21.5 Å². The molecular weight excluding hydrogens is 338 g/mol. The maximum Gasteiger partial charge on any atom is 0.217 e. The van der Waals surface area contributed by atoms with E-state index in [1.165, 1.54) is 11.1 Å². The fourth-order valence-electron chi connectivity index (χ4n) is 2.47. The standard InChI is InChI=1S/C18H15N3OS2/c1-22-15-9-7-13(8-10-15)11-23-17-19-20-18-21(17)16(12-24-18)14-5-3-2-4-6-14/h2-10,12H,11H2,1H3. The van der Waals surface area contributed by atoms with Crippen molar-refractivity contribution in [2.75, 3.05) is 7.11 Å². The molecule has 0 unspecified atom stereocenters. The Hall–Kier alpha value is -2.31. The van der Waals surface area contributed by atoms with E-state index in [1.807, 2.05) is 30.3 Å². The van der Waals surface area contributed by atoms with E-state index < -0.39 is 0 Å². The third kappa shape index (κ3) is 2.90. The molecule has 0 N–H and O–H groups in total. The number of rotatable bonds is 5. The Balaban J connectivity index is 1.61. The highest BCUT2D eigenvalue weighted by Crippen LogP contribution is 2.31. The Labute approximate surface area is 148 Å². The van der Waals surface area contributed by atoms with Crippen LogP contribution < -0.4 is 4.74 Å². The van der Waals surface area contributed by atoms with E-state index in [2.05, 4.69) is 44.2 Å². The monoisotopic (exact) mass is 353 g/mol. The van der Waals surface area contributed by atoms with Crippen LogP contribution in [0.4, 0.5) is 0 Å². The maximum absolute atomic E-state index is 5.20. The normalized spacial score (nSPS) is 11.0. The number of fused-ring (bicyclic) bond motifs is 1. The van der Waals surface area contributed by atoms with Gasteiger partial charge in [-0.05, 0) is 23.3 Å². The third-order valence-corrected chi connectivity index (χ3v) is 5.53. The van der Waals surface area contributed by atoms with Crippen LogP contribution in [0.25, 0.3) is 16.2 Å². The second-order valence-corrected chi connectivity index (χ2v) is 7.00. The first-order valence-corrected chi connectivity index (χ1v) is 9.35. The van der Waals surface area contributed by atoms with E-state index in [0.717, 1.165) is 27.3 Å². The second-order valence-electron chi connectivity index (χ2n) is 5.22. The van der Waals surface area contributed by atoms with Gasteiger partial charge >= 0.3 is 0 Å². The average molecular weight is 353 g/mol. The summed E-state index contributed by atoms with van der Waals surface area (Å²) in [4.78, 5) is 0.922. The molecule has 0 fully saturated rings. The number of aromatic nitrogens is 3. The van der Waals surface area contributed by atoms with Gasteiger partial charge in [-0.1, -0.05) is 54.2 Å². The molecule has 2 aromatic carbocycles. The minimum absolute atomic E-state index is 0.842. The molecule has 0 aliphatic rings. The van der Waals surface area contributed by atoms with E-state index >= 15 is 0 Å². The summed E-state index contributed by atoms with van der Waals surface area (Å²) in [6.07, 6.45) is 0. The quantitative estimate of drug-likeness (QED) is 0.485. The number of benzene rings is 2. The van der Waals surface area contributed by atoms with Crippen LogP contribution >= 0.6 is 23.1 Å². The van der Waals surface area contributed by atoms with Crippen LogP contribution in [0.15, 0.2) is 65.1 Å². The van der Waals surface area contributed by atoms with Crippen molar-refractivity contribution in [3.05, 3.63) is 65.5 Å². The number of thiazole rings is 1. The second kappa shape index (κ2) is 6.67. The van der Waals surface area contributed by atoms with Crippen molar-refractivity contribution < 1.29 is 4.74 Å². The van der Waals surface area contributed by atoms with Crippen LogP contribution in [-0.2, 0) is 5.75 Å². The van der Waals surface area contributed by atoms with Crippen LogP contribution in [0, 0.1) is 0 Å². The summed E-state index contributed by atoms with van der Waals surface area (Å²) in [6, 6.07) is 18.5. The Morgan fingerprint density at radius 2 is 1.83 bits per heavy atom. The molecule has 0 radical (unpaired) electrons. The van der Waals surface area contributed by atoms with Crippen molar-refractivity contribution in [3.8, 4) is 17.0 Å². The molecule has 4 aromatic rings. The Morgan fingerprint density at radius 1 is 1.04 bits per heavy atom. The molecule has 0 atom stereocenters. The molecule has 4 rings (SSSR count). The first-order chi connectivity index (χ1) is 11.8. The van der Waals surface area contributed by atoms with Gasteiger partial charge in [0.1, 0.15) is 5.75 Å². The number of hydrogen-bond donors (Lipinski definition) is 0. The van der Waals surface area contributed by atoms with Crippen LogP contribution in [0.2, 0.25) is 0 Å². The summed E-state index contributed by atoms with van der Waals surface area (Å²) < 4.78 is 7.33. The van der Waals surface area contributed by atoms with E-state index in [4.69, 9.17) is 4.74 Å². The molecule has 120 valence electrons. The summed E-state index contributed by atoms with van der Waals surface area (Å²) in [5.41, 5.74) is 3.54. The SMILES string of the molecule is COc1ccc(CSc2nnc3scc(-c4ccccc4)n23)cc1. The summed E-state index contributed by atoms with van der Waals surface area (Å²) in [6.45, 7) is 0. The first-order valence-electron chi connectivity index (χ1n) is 7.49. The highest BCUT2D eigenvalue weighted by molar-refractivity contribution is 7.98. The van der Waals surface area contributed by atoms with E-state index in [0.29, 0.717) is 0 Å². The topological polar surface area (TPSA) is 39.4 Å². The predicted octanol–water partition coefficient (Wildman–Crippen LogP) is 4.76. The lowest BCUT2D eigenvalue weighted by Crippen LogP contribution is -1.90. The average Bonchev–Trinajstić information content (AvgIpc) is 3.23. The van der Waals surface area contributed by atoms with Gasteiger partial charge in [-0.25, -0.2) is 0 Å². The molecule has 0 saturated carbocycles. The van der Waals surface area contributed by atoms with Gasteiger partial charge in [-0.3, -0.25) is 4.40 Å². The number of thioether (sulfide) groups is 1. The molecule has 2 aromatic heterocycles. The van der Waals surface area contributed by atoms with Gasteiger partial charge in [0.25, 0.3) is 0 Å². The van der Waals surface area contributed by atoms with Crippen molar-refractivity contribution in [1.82, 2.24) is 14.6 Å². The van der Waals surface area contributed by atoms with Gasteiger partial charge in [-0.2, -0.15) is 0 Å². The zero-order valence-electron chi connectivity index (χ0n) is 13.0. The van der Waals surface area contributed by atoms with E-state index in [9.17, 15) is 0 Å². The summed E-state index contributed by atoms with van der Waals surface area (Å²) in [5, 5.41) is 11.7. The molecule has 0 bridgehead atoms. The Bertz CT molecular complexity index is 945. The lowest BCUT2D eigenvalue weighted by molar-refractivity contribution is 0.414. The largest absolute Gasteiger partial charge is 0.497 e. The van der Waals surface area contributed by atoms with Gasteiger partial charge in [0.05, 0.1) is 12.8 Å². The summed E-state index contributed by atoms with van der Waals surface area (Å²) in [7, 11) is 1.68. The fraction of sp³-hybridized carbons (Fsp3) is 0.111. The van der Waals surface area contributed by atoms with Crippen LogP contribution in [0.1, 0.15) is 5.56 Å². The molecule has 0 amide bonds. The molecule has 6 heteroatoms. The zero-order chi connectivity index (χ0) is 16.4. The minimum Gasteiger partial charge on any atom is -0.497 e. The third-order valence-electron chi connectivity index (χ3n) is 3.72. The van der Waals surface area contributed by atoms with Crippen molar-refractivity contribution >= 4 is 28.1 Å². The molecule has 2 heterocycles. The number of hydrogen-bond acceptors (Lipinski definition) is 5. The summed E-state index contributed by atoms with van der Waals surface area (Å²) >= 11 is 3.31. The molecule has 0 spiro atoms. The first kappa shape index (κ1) is 15.2. The van der Waals surface area contributed by atoms with Gasteiger partial charge < -0.3 is 4.74 Å². The molecule has 0 saturated heterocycles. The van der Waals surface area contributed by atoms with Gasteiger partial charge in [0.2, 0.25) is 4.96 Å². The Morgan fingerprint density at radius 3 is 2.58 bits per heavy atom. The van der Waals surface area contributed by atoms with E-state index in [1.54, 1.807) is 30.2 Å². The predicted molar refractivity (Wildman–Crippen MR) is 98.9 cm³/mol. The highest BCUT2D eigenvalue weighted by atomic mass is 32.2. The summed E-state index contributed by atoms with van der Waals surface area (Å²) in [5.74, 6) is 1.72. The van der Waals surface area contributed by atoms with E-state index in [-0.39, 0.29) is 0 Å². The molecular formula is C18H15N3OS2. The maximum atomic E-state index is 5.20. The molecule has 0 aliphatic heterocycles. The van der Waals surface area contributed by atoms with Crippen molar-refractivity contribution in [3.63, 3.8) is 0 Å². The lowest BCUT2D eigenvalue weighted by Gasteiger charge is -2.04. The number of nitrogens with zero attached hydrogens (tertiary/aromatic N) is 3. The Kier molecular flexibility index (Phi) is 4.23. The molecule has 4 nitrogen and oxygen atoms in total. The van der Waals surface area contributed by atoms with Crippen molar-refractivity contribution in [2.45, 2.75) is 10.9 Å². The van der Waals surface area contributed by atoms with Crippen LogP contribution in [0.3, 0.4) is 0 Å². The zero-order valence-corrected chi connectivity index (χ0v) is 14.7. The van der Waals surface area contributed by atoms with Gasteiger partial charge in [0, 0.05) is 11.1 Å². The minimum atomic E-state index is 0.842. The number of methoxy groups -OCH3 is 1. The smallest absolute Gasteiger partial charge is 0.217 e. The molecule has 24 heavy (non-hydrogen) atoms. The number of ether oxygens (including phenoxy) is 1. The van der Waals surface area contributed by atoms with Crippen LogP contribution in [0.5, 0.6) is 5.75 Å². The fourth-order valence-corrected chi connectivity index (χ4v) is 4.26. The lowest BCUT2D eigenvalue weighted by atomic mass is 10.2. The highest BCUT2D eigenvalue weighted by Gasteiger charge is 2.13. The van der Waals surface area contributed by atoms with Crippen molar-refractivity contribution in [2.24, 2.45) is 0 Å². The van der Waals surface area contributed by atoms with Crippen LogP contribution in [-0.4, -0.2) is 21.7 Å². The van der Waals surface area contributed by atoms with Crippen molar-refractivity contribution in [1.29, 1.82) is 0 Å².